The molecule has 33 heavy (non-hydrogen) atoms. The number of carbonyl (C=O) groups excluding carboxylic acids is 1. The number of fused-ring (bicyclic) bond motifs is 2. The average molecular weight is 451 g/mol. The Morgan fingerprint density at radius 2 is 1.97 bits per heavy atom. The molecule has 1 fully saturated rings. The molecule has 9 heteroatoms. The van der Waals surface area contributed by atoms with Crippen LogP contribution in [0.1, 0.15) is 48.5 Å². The average Bonchev–Trinajstić information content (AvgIpc) is 3.18. The molecule has 0 spiro atoms. The van der Waals surface area contributed by atoms with E-state index in [9.17, 15) is 9.59 Å². The van der Waals surface area contributed by atoms with E-state index in [-0.39, 0.29) is 11.6 Å². The number of carbonyl (C=O) groups is 1. The molecular formula is C24H30N6O3. The topological polar surface area (TPSA) is 85.0 Å². The van der Waals surface area contributed by atoms with Crippen LogP contribution in [0.15, 0.2) is 35.4 Å². The number of rotatable bonds is 6. The highest BCUT2D eigenvalue weighted by molar-refractivity contribution is 5.94. The fourth-order valence-corrected chi connectivity index (χ4v) is 4.73. The van der Waals surface area contributed by atoms with Gasteiger partial charge in [-0.05, 0) is 56.7 Å². The number of hydrogen-bond donors (Lipinski definition) is 0. The van der Waals surface area contributed by atoms with Gasteiger partial charge in [-0.3, -0.25) is 9.20 Å². The SMILES string of the molecule is CCOCCn1nc2cc(N3CCCc4cc(C(=O)N5CCCCC5)cnc43)ccn2c1=O. The van der Waals surface area contributed by atoms with E-state index in [4.69, 9.17) is 9.72 Å². The van der Waals surface area contributed by atoms with Crippen LogP contribution in [-0.4, -0.2) is 62.8 Å². The molecule has 0 aliphatic carbocycles. The summed E-state index contributed by atoms with van der Waals surface area (Å²) < 4.78 is 8.35. The summed E-state index contributed by atoms with van der Waals surface area (Å²) in [6.07, 6.45) is 8.68. The Morgan fingerprint density at radius 3 is 2.79 bits per heavy atom. The number of nitrogens with zero attached hydrogens (tertiary/aromatic N) is 6. The summed E-state index contributed by atoms with van der Waals surface area (Å²) in [6, 6.07) is 5.85. The van der Waals surface area contributed by atoms with Crippen molar-refractivity contribution in [2.24, 2.45) is 0 Å². The first-order valence-electron chi connectivity index (χ1n) is 11.9. The summed E-state index contributed by atoms with van der Waals surface area (Å²) in [4.78, 5) is 34.3. The van der Waals surface area contributed by atoms with Crippen LogP contribution >= 0.6 is 0 Å². The molecule has 1 amide bonds. The summed E-state index contributed by atoms with van der Waals surface area (Å²) in [5, 5.41) is 4.47. The molecule has 174 valence electrons. The minimum atomic E-state index is -0.172. The normalized spacial score (nSPS) is 16.3. The Bertz CT molecular complexity index is 1210. The Hall–Kier alpha value is -3.20. The predicted octanol–water partition coefficient (Wildman–Crippen LogP) is 2.64. The number of anilines is 2. The van der Waals surface area contributed by atoms with Gasteiger partial charge < -0.3 is 14.5 Å². The zero-order valence-electron chi connectivity index (χ0n) is 19.1. The summed E-state index contributed by atoms with van der Waals surface area (Å²) in [7, 11) is 0. The van der Waals surface area contributed by atoms with E-state index in [0.717, 1.165) is 62.4 Å². The van der Waals surface area contributed by atoms with Crippen LogP contribution in [0.5, 0.6) is 0 Å². The second-order valence-electron chi connectivity index (χ2n) is 8.63. The van der Waals surface area contributed by atoms with Crippen molar-refractivity contribution in [3.8, 4) is 0 Å². The highest BCUT2D eigenvalue weighted by atomic mass is 16.5. The lowest BCUT2D eigenvalue weighted by Gasteiger charge is -2.31. The number of piperidine rings is 1. The second kappa shape index (κ2) is 9.35. The van der Waals surface area contributed by atoms with Crippen LogP contribution in [-0.2, 0) is 17.7 Å². The molecule has 3 aromatic rings. The van der Waals surface area contributed by atoms with E-state index in [1.54, 1.807) is 16.8 Å². The van der Waals surface area contributed by atoms with Crippen LogP contribution in [0.4, 0.5) is 11.5 Å². The third-order valence-corrected chi connectivity index (χ3v) is 6.45. The standard InChI is InChI=1S/C24H30N6O3/c1-2-33-14-13-30-24(32)29-12-8-20(16-21(29)26-30)28-11-6-7-18-15-19(17-25-22(18)28)23(31)27-9-4-3-5-10-27/h8,12,15-17H,2-7,9-11,13-14H2,1H3. The quantitative estimate of drug-likeness (QED) is 0.537. The summed E-state index contributed by atoms with van der Waals surface area (Å²) >= 11 is 0. The van der Waals surface area contributed by atoms with E-state index in [0.29, 0.717) is 31.0 Å². The van der Waals surface area contributed by atoms with Gasteiger partial charge in [0.05, 0.1) is 18.7 Å². The van der Waals surface area contributed by atoms with Crippen molar-refractivity contribution >= 4 is 23.1 Å². The van der Waals surface area contributed by atoms with Crippen molar-refractivity contribution in [2.75, 3.05) is 37.7 Å². The fraction of sp³-hybridized carbons (Fsp3) is 0.500. The van der Waals surface area contributed by atoms with E-state index >= 15 is 0 Å². The predicted molar refractivity (Wildman–Crippen MR) is 125 cm³/mol. The molecule has 5 rings (SSSR count). The van der Waals surface area contributed by atoms with Crippen LogP contribution in [0.2, 0.25) is 0 Å². The zero-order chi connectivity index (χ0) is 22.8. The van der Waals surface area contributed by atoms with Gasteiger partial charge in [-0.1, -0.05) is 0 Å². The lowest BCUT2D eigenvalue weighted by Crippen LogP contribution is -2.36. The third-order valence-electron chi connectivity index (χ3n) is 6.45. The van der Waals surface area contributed by atoms with E-state index < -0.39 is 0 Å². The first-order chi connectivity index (χ1) is 16.2. The Balaban J connectivity index is 1.41. The number of likely N-dealkylation sites (tertiary alicyclic amines) is 1. The van der Waals surface area contributed by atoms with Gasteiger partial charge in [0.15, 0.2) is 5.65 Å². The van der Waals surface area contributed by atoms with Crippen molar-refractivity contribution < 1.29 is 9.53 Å². The molecule has 0 atom stereocenters. The van der Waals surface area contributed by atoms with Crippen LogP contribution in [0.25, 0.3) is 5.65 Å². The number of aryl methyl sites for hydroxylation is 1. The molecule has 5 heterocycles. The van der Waals surface area contributed by atoms with Crippen molar-refractivity contribution in [1.29, 1.82) is 0 Å². The summed E-state index contributed by atoms with van der Waals surface area (Å²) in [6.45, 7) is 5.90. The van der Waals surface area contributed by atoms with Gasteiger partial charge in [0.2, 0.25) is 0 Å². The highest BCUT2D eigenvalue weighted by Gasteiger charge is 2.24. The molecule has 0 saturated carbocycles. The van der Waals surface area contributed by atoms with Gasteiger partial charge in [0, 0.05) is 50.4 Å². The Labute approximate surface area is 192 Å². The van der Waals surface area contributed by atoms with Gasteiger partial charge in [-0.2, -0.15) is 0 Å². The maximum atomic E-state index is 12.9. The largest absolute Gasteiger partial charge is 0.380 e. The Kier molecular flexibility index (Phi) is 6.13. The molecular weight excluding hydrogens is 420 g/mol. The molecule has 2 aliphatic rings. The molecule has 1 saturated heterocycles. The molecule has 0 unspecified atom stereocenters. The molecule has 2 aliphatic heterocycles. The minimum absolute atomic E-state index is 0.0838. The monoisotopic (exact) mass is 450 g/mol. The highest BCUT2D eigenvalue weighted by Crippen LogP contribution is 2.32. The van der Waals surface area contributed by atoms with Crippen LogP contribution < -0.4 is 10.6 Å². The maximum Gasteiger partial charge on any atom is 0.350 e. The lowest BCUT2D eigenvalue weighted by atomic mass is 10.0. The van der Waals surface area contributed by atoms with Gasteiger partial charge in [0.1, 0.15) is 5.82 Å². The zero-order valence-corrected chi connectivity index (χ0v) is 19.1. The first kappa shape index (κ1) is 21.6. The van der Waals surface area contributed by atoms with Gasteiger partial charge >= 0.3 is 5.69 Å². The van der Waals surface area contributed by atoms with Crippen LogP contribution in [0, 0.1) is 0 Å². The number of hydrogen-bond acceptors (Lipinski definition) is 6. The van der Waals surface area contributed by atoms with Crippen molar-refractivity contribution in [3.63, 3.8) is 0 Å². The smallest absolute Gasteiger partial charge is 0.350 e. The van der Waals surface area contributed by atoms with E-state index in [2.05, 4.69) is 10.00 Å². The van der Waals surface area contributed by atoms with Crippen molar-refractivity contribution in [3.05, 3.63) is 52.2 Å². The third kappa shape index (κ3) is 4.25. The lowest BCUT2D eigenvalue weighted by molar-refractivity contribution is 0.0724. The number of ether oxygens (including phenoxy) is 1. The molecule has 3 aromatic heterocycles. The second-order valence-corrected chi connectivity index (χ2v) is 8.63. The van der Waals surface area contributed by atoms with Gasteiger partial charge in [-0.25, -0.2) is 14.5 Å². The molecule has 0 aromatic carbocycles. The summed E-state index contributed by atoms with van der Waals surface area (Å²) in [5.41, 5.74) is 3.12. The van der Waals surface area contributed by atoms with E-state index in [1.165, 1.54) is 11.1 Å². The first-order valence-corrected chi connectivity index (χ1v) is 11.9. The molecule has 0 bridgehead atoms. The van der Waals surface area contributed by atoms with Crippen LogP contribution in [0.3, 0.4) is 0 Å². The van der Waals surface area contributed by atoms with Gasteiger partial charge in [0.25, 0.3) is 5.91 Å². The van der Waals surface area contributed by atoms with Crippen molar-refractivity contribution in [2.45, 2.75) is 45.6 Å². The number of amides is 1. The number of pyridine rings is 2. The minimum Gasteiger partial charge on any atom is -0.380 e. The van der Waals surface area contributed by atoms with E-state index in [1.807, 2.05) is 30.0 Å². The molecule has 9 nitrogen and oxygen atoms in total. The molecule has 0 radical (unpaired) electrons. The maximum absolute atomic E-state index is 12.9. The Morgan fingerprint density at radius 1 is 1.12 bits per heavy atom. The fourth-order valence-electron chi connectivity index (χ4n) is 4.73. The van der Waals surface area contributed by atoms with Gasteiger partial charge in [-0.15, -0.1) is 5.10 Å². The number of aromatic nitrogens is 4. The van der Waals surface area contributed by atoms with Crippen molar-refractivity contribution in [1.82, 2.24) is 24.1 Å². The molecule has 0 N–H and O–H groups in total. The summed E-state index contributed by atoms with van der Waals surface area (Å²) in [5.74, 6) is 0.958.